The summed E-state index contributed by atoms with van der Waals surface area (Å²) >= 11 is 0. The van der Waals surface area contributed by atoms with Crippen LogP contribution < -0.4 is 0 Å². The summed E-state index contributed by atoms with van der Waals surface area (Å²) in [4.78, 5) is 8.28. The molecule has 92 valence electrons. The van der Waals surface area contributed by atoms with Crippen molar-refractivity contribution in [2.45, 2.75) is 71.0 Å². The summed E-state index contributed by atoms with van der Waals surface area (Å²) in [5.41, 5.74) is -0.361. The van der Waals surface area contributed by atoms with E-state index >= 15 is 0 Å². The van der Waals surface area contributed by atoms with E-state index in [4.69, 9.17) is 10.5 Å². The van der Waals surface area contributed by atoms with Gasteiger partial charge in [0.2, 0.25) is 0 Å². The van der Waals surface area contributed by atoms with Crippen LogP contribution in [0.1, 0.15) is 59.3 Å². The lowest BCUT2D eigenvalue weighted by Crippen LogP contribution is -2.20. The van der Waals surface area contributed by atoms with Gasteiger partial charge in [-0.2, -0.15) is 0 Å². The molecule has 15 heavy (non-hydrogen) atoms. The molecule has 0 aliphatic heterocycles. The average molecular weight is 220 g/mol. The lowest BCUT2D eigenvalue weighted by atomic mass is 9.98. The third-order valence-corrected chi connectivity index (χ3v) is 2.80. The van der Waals surface area contributed by atoms with Gasteiger partial charge in [-0.05, 0) is 33.1 Å². The van der Waals surface area contributed by atoms with E-state index in [2.05, 4.69) is 9.78 Å². The smallest absolute Gasteiger partial charge is 0.0974 e. The Kier molecular flexibility index (Phi) is 7.96. The topological polar surface area (TPSA) is 58.9 Å². The summed E-state index contributed by atoms with van der Waals surface area (Å²) in [6, 6.07) is 0. The summed E-state index contributed by atoms with van der Waals surface area (Å²) in [6.07, 6.45) is 6.77. The maximum atomic E-state index is 8.19. The molecule has 4 heteroatoms. The maximum absolute atomic E-state index is 8.19. The van der Waals surface area contributed by atoms with Gasteiger partial charge in [0.15, 0.2) is 0 Å². The molecular formula is C11H24O4. The Labute approximate surface area is 92.1 Å². The highest BCUT2D eigenvalue weighted by Crippen LogP contribution is 2.18. The standard InChI is InChI=1S/C6H12O2.C5H12O2/c7-8-6-4-2-1-3-5-6;1-4-5(2,3)7-6/h6-7H,1-5H2;6H,4H2,1-3H3. The van der Waals surface area contributed by atoms with E-state index in [0.717, 1.165) is 19.3 Å². The summed E-state index contributed by atoms with van der Waals surface area (Å²) in [5.74, 6) is 0. The van der Waals surface area contributed by atoms with Gasteiger partial charge >= 0.3 is 0 Å². The van der Waals surface area contributed by atoms with E-state index in [1.54, 1.807) is 0 Å². The minimum Gasteiger partial charge on any atom is -0.252 e. The van der Waals surface area contributed by atoms with Crippen molar-refractivity contribution in [3.8, 4) is 0 Å². The van der Waals surface area contributed by atoms with Gasteiger partial charge in [0.1, 0.15) is 0 Å². The van der Waals surface area contributed by atoms with Gasteiger partial charge in [-0.25, -0.2) is 9.78 Å². The highest BCUT2D eigenvalue weighted by molar-refractivity contribution is 4.63. The Bertz CT molecular complexity index is 136. The molecule has 0 aromatic rings. The van der Waals surface area contributed by atoms with Crippen molar-refractivity contribution in [2.75, 3.05) is 0 Å². The number of hydrogen-bond acceptors (Lipinski definition) is 4. The van der Waals surface area contributed by atoms with Crippen LogP contribution in [0.3, 0.4) is 0 Å². The molecule has 1 aliphatic carbocycles. The highest BCUT2D eigenvalue weighted by atomic mass is 17.1. The molecule has 1 saturated carbocycles. The van der Waals surface area contributed by atoms with Gasteiger partial charge in [-0.3, -0.25) is 10.5 Å². The van der Waals surface area contributed by atoms with Crippen LogP contribution in [0.4, 0.5) is 0 Å². The molecule has 4 nitrogen and oxygen atoms in total. The van der Waals surface area contributed by atoms with Gasteiger partial charge in [-0.1, -0.05) is 26.2 Å². The molecule has 1 aliphatic rings. The summed E-state index contributed by atoms with van der Waals surface area (Å²) in [6.45, 7) is 5.61. The van der Waals surface area contributed by atoms with Crippen molar-refractivity contribution < 1.29 is 20.3 Å². The largest absolute Gasteiger partial charge is 0.252 e. The van der Waals surface area contributed by atoms with E-state index in [1.807, 2.05) is 20.8 Å². The SMILES string of the molecule is CCC(C)(C)OO.OOC1CCCCC1. The Hall–Kier alpha value is -0.160. The predicted molar refractivity (Wildman–Crippen MR) is 58.7 cm³/mol. The van der Waals surface area contributed by atoms with Crippen LogP contribution in [0.15, 0.2) is 0 Å². The summed E-state index contributed by atoms with van der Waals surface area (Å²) < 4.78 is 0. The van der Waals surface area contributed by atoms with Gasteiger partial charge in [0.05, 0.1) is 11.7 Å². The fourth-order valence-electron chi connectivity index (χ4n) is 1.24. The average Bonchev–Trinajstić information content (AvgIpc) is 2.31. The van der Waals surface area contributed by atoms with Gasteiger partial charge in [0.25, 0.3) is 0 Å². The molecule has 2 N–H and O–H groups in total. The molecule has 0 bridgehead atoms. The molecule has 0 radical (unpaired) electrons. The first-order valence-corrected chi connectivity index (χ1v) is 5.68. The second-order valence-corrected chi connectivity index (χ2v) is 4.57. The fourth-order valence-corrected chi connectivity index (χ4v) is 1.24. The minimum absolute atomic E-state index is 0.142. The lowest BCUT2D eigenvalue weighted by Gasteiger charge is -2.17. The normalized spacial score (nSPS) is 18.2. The molecule has 1 rings (SSSR count). The van der Waals surface area contributed by atoms with Crippen LogP contribution >= 0.6 is 0 Å². The molecule has 0 unspecified atom stereocenters. The molecule has 0 aromatic carbocycles. The molecule has 0 amide bonds. The Morgan fingerprint density at radius 1 is 1.13 bits per heavy atom. The molecule has 0 aromatic heterocycles. The first kappa shape index (κ1) is 14.8. The van der Waals surface area contributed by atoms with E-state index in [0.29, 0.717) is 0 Å². The zero-order valence-corrected chi connectivity index (χ0v) is 10.0. The van der Waals surface area contributed by atoms with E-state index in [-0.39, 0.29) is 11.7 Å². The van der Waals surface area contributed by atoms with Crippen LogP contribution in [-0.4, -0.2) is 22.2 Å². The van der Waals surface area contributed by atoms with Crippen LogP contribution in [-0.2, 0) is 9.78 Å². The first-order chi connectivity index (χ1) is 7.05. The fraction of sp³-hybridized carbons (Fsp3) is 1.00. The van der Waals surface area contributed by atoms with Crippen molar-refractivity contribution in [3.63, 3.8) is 0 Å². The number of hydrogen-bond donors (Lipinski definition) is 2. The van der Waals surface area contributed by atoms with Crippen molar-refractivity contribution in [1.82, 2.24) is 0 Å². The Balaban J connectivity index is 0.000000265. The van der Waals surface area contributed by atoms with Crippen molar-refractivity contribution in [2.24, 2.45) is 0 Å². The van der Waals surface area contributed by atoms with E-state index < -0.39 is 0 Å². The van der Waals surface area contributed by atoms with Crippen LogP contribution in [0.5, 0.6) is 0 Å². The van der Waals surface area contributed by atoms with Crippen molar-refractivity contribution in [1.29, 1.82) is 0 Å². The second kappa shape index (κ2) is 8.05. The third kappa shape index (κ3) is 7.73. The molecule has 0 atom stereocenters. The van der Waals surface area contributed by atoms with Gasteiger partial charge in [-0.15, -0.1) is 0 Å². The predicted octanol–water partition coefficient (Wildman–Crippen LogP) is 3.47. The Morgan fingerprint density at radius 2 is 1.67 bits per heavy atom. The summed E-state index contributed by atoms with van der Waals surface area (Å²) in [5, 5.41) is 16.3. The third-order valence-electron chi connectivity index (χ3n) is 2.80. The first-order valence-electron chi connectivity index (χ1n) is 5.68. The zero-order valence-electron chi connectivity index (χ0n) is 10.0. The van der Waals surface area contributed by atoms with Crippen LogP contribution in [0, 0.1) is 0 Å². The van der Waals surface area contributed by atoms with Crippen LogP contribution in [0.25, 0.3) is 0 Å². The van der Waals surface area contributed by atoms with Crippen molar-refractivity contribution >= 4 is 0 Å². The van der Waals surface area contributed by atoms with E-state index in [1.165, 1.54) is 19.3 Å². The van der Waals surface area contributed by atoms with Crippen LogP contribution in [0.2, 0.25) is 0 Å². The molecule has 0 heterocycles. The molecule has 0 spiro atoms. The van der Waals surface area contributed by atoms with Gasteiger partial charge in [0, 0.05) is 0 Å². The van der Waals surface area contributed by atoms with Crippen molar-refractivity contribution in [3.05, 3.63) is 0 Å². The molecular weight excluding hydrogens is 196 g/mol. The number of rotatable bonds is 3. The lowest BCUT2D eigenvalue weighted by molar-refractivity contribution is -0.313. The van der Waals surface area contributed by atoms with Gasteiger partial charge < -0.3 is 0 Å². The maximum Gasteiger partial charge on any atom is 0.0974 e. The monoisotopic (exact) mass is 220 g/mol. The quantitative estimate of drug-likeness (QED) is 0.564. The minimum atomic E-state index is -0.361. The molecule has 0 saturated heterocycles. The summed E-state index contributed by atoms with van der Waals surface area (Å²) in [7, 11) is 0. The second-order valence-electron chi connectivity index (χ2n) is 4.57. The zero-order chi connectivity index (χ0) is 11.7. The highest BCUT2D eigenvalue weighted by Gasteiger charge is 2.13. The molecule has 1 fully saturated rings. The van der Waals surface area contributed by atoms with E-state index in [9.17, 15) is 0 Å². The Morgan fingerprint density at radius 3 is 1.87 bits per heavy atom.